The van der Waals surface area contributed by atoms with Crippen molar-refractivity contribution in [3.63, 3.8) is 0 Å². The number of hydrogen-bond acceptors (Lipinski definition) is 4. The van der Waals surface area contributed by atoms with Crippen molar-refractivity contribution in [1.82, 2.24) is 15.3 Å². The second kappa shape index (κ2) is 6.69. The molecule has 0 bridgehead atoms. The van der Waals surface area contributed by atoms with Gasteiger partial charge in [-0.3, -0.25) is 4.98 Å². The largest absolute Gasteiger partial charge is 0.358 e. The van der Waals surface area contributed by atoms with Crippen LogP contribution < -0.4 is 10.2 Å². The summed E-state index contributed by atoms with van der Waals surface area (Å²) in [6, 6.07) is 0. The molecule has 1 aromatic heterocycles. The van der Waals surface area contributed by atoms with Crippen LogP contribution in [0.3, 0.4) is 0 Å². The zero-order valence-corrected chi connectivity index (χ0v) is 12.3. The quantitative estimate of drug-likeness (QED) is 0.787. The molecule has 1 N–H and O–H groups in total. The maximum atomic E-state index is 4.63. The second-order valence-electron chi connectivity index (χ2n) is 5.96. The minimum absolute atomic E-state index is 0.257. The fourth-order valence-electron chi connectivity index (χ4n) is 1.85. The molecule has 4 nitrogen and oxygen atoms in total. The van der Waals surface area contributed by atoms with Gasteiger partial charge in [-0.05, 0) is 18.4 Å². The van der Waals surface area contributed by atoms with Crippen molar-refractivity contribution in [3.8, 4) is 0 Å². The summed E-state index contributed by atoms with van der Waals surface area (Å²) in [4.78, 5) is 11.1. The lowest BCUT2D eigenvalue weighted by Crippen LogP contribution is -2.30. The molecule has 0 unspecified atom stereocenters. The molecule has 0 fully saturated rings. The summed E-state index contributed by atoms with van der Waals surface area (Å²) in [7, 11) is 2.07. The summed E-state index contributed by atoms with van der Waals surface area (Å²) in [5, 5.41) is 3.34. The molecule has 0 spiro atoms. The maximum absolute atomic E-state index is 4.63. The highest BCUT2D eigenvalue weighted by Gasteiger charge is 2.15. The van der Waals surface area contributed by atoms with Gasteiger partial charge in [0.05, 0.1) is 11.9 Å². The molecule has 4 heteroatoms. The van der Waals surface area contributed by atoms with E-state index < -0.39 is 0 Å². The summed E-state index contributed by atoms with van der Waals surface area (Å²) < 4.78 is 0. The van der Waals surface area contributed by atoms with Crippen LogP contribution in [0.2, 0.25) is 0 Å². The highest BCUT2D eigenvalue weighted by atomic mass is 15.2. The van der Waals surface area contributed by atoms with E-state index in [4.69, 9.17) is 0 Å². The topological polar surface area (TPSA) is 41.1 Å². The molecule has 1 heterocycles. The molecule has 102 valence electrons. The Morgan fingerprint density at radius 3 is 2.61 bits per heavy atom. The van der Waals surface area contributed by atoms with Gasteiger partial charge in [-0.1, -0.05) is 27.7 Å². The number of rotatable bonds is 6. The molecule has 18 heavy (non-hydrogen) atoms. The molecule has 0 radical (unpaired) electrons. The molecule has 0 amide bonds. The summed E-state index contributed by atoms with van der Waals surface area (Å²) in [6.45, 7) is 11.6. The van der Waals surface area contributed by atoms with E-state index in [0.29, 0.717) is 0 Å². The van der Waals surface area contributed by atoms with Crippen LogP contribution in [0.4, 0.5) is 5.82 Å². The van der Waals surface area contributed by atoms with Crippen LogP contribution >= 0.6 is 0 Å². The lowest BCUT2D eigenvalue weighted by Gasteiger charge is -2.27. The van der Waals surface area contributed by atoms with E-state index in [0.717, 1.165) is 37.6 Å². The predicted molar refractivity (Wildman–Crippen MR) is 76.8 cm³/mol. The SMILES string of the molecule is CCCNCc1cncc(N(C)CC(C)(C)C)n1. The molecule has 0 aromatic carbocycles. The summed E-state index contributed by atoms with van der Waals surface area (Å²) in [6.07, 6.45) is 4.79. The predicted octanol–water partition coefficient (Wildman–Crippen LogP) is 2.46. The molecule has 1 rings (SSSR count). The first-order valence-electron chi connectivity index (χ1n) is 6.65. The lowest BCUT2D eigenvalue weighted by molar-refractivity contribution is 0.417. The average Bonchev–Trinajstić information content (AvgIpc) is 2.27. The van der Waals surface area contributed by atoms with Crippen LogP contribution in [0.1, 0.15) is 39.8 Å². The van der Waals surface area contributed by atoms with Gasteiger partial charge in [0.1, 0.15) is 5.82 Å². The number of nitrogens with zero attached hydrogens (tertiary/aromatic N) is 3. The van der Waals surface area contributed by atoms with Gasteiger partial charge < -0.3 is 10.2 Å². The van der Waals surface area contributed by atoms with Crippen molar-refractivity contribution in [2.24, 2.45) is 5.41 Å². The van der Waals surface area contributed by atoms with E-state index in [1.165, 1.54) is 0 Å². The Balaban J connectivity index is 2.63. The van der Waals surface area contributed by atoms with E-state index in [-0.39, 0.29) is 5.41 Å². The third-order valence-corrected chi connectivity index (χ3v) is 2.51. The van der Waals surface area contributed by atoms with Gasteiger partial charge in [-0.2, -0.15) is 0 Å². The molecule has 0 saturated heterocycles. The molecule has 0 saturated carbocycles. The highest BCUT2D eigenvalue weighted by Crippen LogP contribution is 2.18. The summed E-state index contributed by atoms with van der Waals surface area (Å²) in [5.74, 6) is 0.945. The standard InChI is InChI=1S/C14H26N4/c1-6-7-15-8-12-9-16-10-13(17-12)18(5)11-14(2,3)4/h9-10,15H,6-8,11H2,1-5H3. The minimum Gasteiger partial charge on any atom is -0.358 e. The van der Waals surface area contributed by atoms with Gasteiger partial charge in [-0.25, -0.2) is 4.98 Å². The van der Waals surface area contributed by atoms with Crippen LogP contribution in [0.5, 0.6) is 0 Å². The Labute approximate surface area is 111 Å². The van der Waals surface area contributed by atoms with Crippen LogP contribution in [-0.2, 0) is 6.54 Å². The average molecular weight is 250 g/mol. The first-order valence-corrected chi connectivity index (χ1v) is 6.65. The smallest absolute Gasteiger partial charge is 0.147 e. The van der Waals surface area contributed by atoms with Gasteiger partial charge in [0.25, 0.3) is 0 Å². The first-order chi connectivity index (χ1) is 8.42. The zero-order valence-electron chi connectivity index (χ0n) is 12.3. The van der Waals surface area contributed by atoms with Crippen LogP contribution in [0.15, 0.2) is 12.4 Å². The van der Waals surface area contributed by atoms with Crippen molar-refractivity contribution in [2.75, 3.05) is 25.0 Å². The minimum atomic E-state index is 0.257. The fourth-order valence-corrected chi connectivity index (χ4v) is 1.85. The van der Waals surface area contributed by atoms with Crippen molar-refractivity contribution in [1.29, 1.82) is 0 Å². The number of hydrogen-bond donors (Lipinski definition) is 1. The van der Waals surface area contributed by atoms with Crippen LogP contribution in [0, 0.1) is 5.41 Å². The van der Waals surface area contributed by atoms with Gasteiger partial charge in [0, 0.05) is 26.3 Å². The van der Waals surface area contributed by atoms with Gasteiger partial charge >= 0.3 is 0 Å². The van der Waals surface area contributed by atoms with Crippen molar-refractivity contribution < 1.29 is 0 Å². The van der Waals surface area contributed by atoms with E-state index in [2.05, 4.69) is 54.9 Å². The number of aromatic nitrogens is 2. The monoisotopic (exact) mass is 250 g/mol. The van der Waals surface area contributed by atoms with E-state index in [1.54, 1.807) is 0 Å². The lowest BCUT2D eigenvalue weighted by atomic mass is 9.96. The zero-order chi connectivity index (χ0) is 13.6. The molecular weight excluding hydrogens is 224 g/mol. The van der Waals surface area contributed by atoms with Crippen LogP contribution in [0.25, 0.3) is 0 Å². The van der Waals surface area contributed by atoms with Gasteiger partial charge in [0.2, 0.25) is 0 Å². The third-order valence-electron chi connectivity index (χ3n) is 2.51. The number of nitrogens with one attached hydrogen (secondary N) is 1. The van der Waals surface area contributed by atoms with Crippen molar-refractivity contribution in [3.05, 3.63) is 18.1 Å². The maximum Gasteiger partial charge on any atom is 0.147 e. The van der Waals surface area contributed by atoms with E-state index >= 15 is 0 Å². The van der Waals surface area contributed by atoms with Crippen molar-refractivity contribution in [2.45, 2.75) is 40.7 Å². The molecule has 0 aliphatic carbocycles. The van der Waals surface area contributed by atoms with Crippen LogP contribution in [-0.4, -0.2) is 30.1 Å². The number of anilines is 1. The van der Waals surface area contributed by atoms with Gasteiger partial charge in [0.15, 0.2) is 0 Å². The fraction of sp³-hybridized carbons (Fsp3) is 0.714. The van der Waals surface area contributed by atoms with E-state index in [1.807, 2.05) is 12.4 Å². The Kier molecular flexibility index (Phi) is 5.54. The second-order valence-corrected chi connectivity index (χ2v) is 5.96. The third kappa shape index (κ3) is 5.45. The molecular formula is C14H26N4. The Bertz CT molecular complexity index is 357. The van der Waals surface area contributed by atoms with Gasteiger partial charge in [-0.15, -0.1) is 0 Å². The molecule has 0 atom stereocenters. The molecule has 0 aliphatic heterocycles. The summed E-state index contributed by atoms with van der Waals surface area (Å²) in [5.41, 5.74) is 1.26. The Morgan fingerprint density at radius 2 is 2.00 bits per heavy atom. The molecule has 1 aromatic rings. The molecule has 0 aliphatic rings. The van der Waals surface area contributed by atoms with Crippen molar-refractivity contribution >= 4 is 5.82 Å². The normalized spacial score (nSPS) is 11.6. The van der Waals surface area contributed by atoms with E-state index in [9.17, 15) is 0 Å². The summed E-state index contributed by atoms with van der Waals surface area (Å²) >= 11 is 0. The first kappa shape index (κ1) is 14.9. The Morgan fingerprint density at radius 1 is 1.28 bits per heavy atom. The highest BCUT2D eigenvalue weighted by molar-refractivity contribution is 5.35. The Hall–Kier alpha value is -1.16.